The van der Waals surface area contributed by atoms with Crippen LogP contribution >= 0.6 is 0 Å². The molecule has 92 valence electrons. The summed E-state index contributed by atoms with van der Waals surface area (Å²) in [6.45, 7) is 13.9. The lowest BCUT2D eigenvalue weighted by Crippen LogP contribution is -2.19. The highest BCUT2D eigenvalue weighted by atomic mass is 15.0. The molecular formula is C13H25N3. The van der Waals surface area contributed by atoms with Gasteiger partial charge < -0.3 is 16.8 Å². The van der Waals surface area contributed by atoms with Crippen molar-refractivity contribution in [3.63, 3.8) is 0 Å². The van der Waals surface area contributed by atoms with Crippen LogP contribution in [0.5, 0.6) is 0 Å². The molecule has 0 aromatic rings. The molecule has 0 aliphatic carbocycles. The van der Waals surface area contributed by atoms with E-state index >= 15 is 0 Å². The van der Waals surface area contributed by atoms with Crippen molar-refractivity contribution in [2.24, 2.45) is 11.5 Å². The third-order valence-corrected chi connectivity index (χ3v) is 1.47. The van der Waals surface area contributed by atoms with Crippen molar-refractivity contribution >= 4 is 0 Å². The van der Waals surface area contributed by atoms with Crippen LogP contribution in [0.3, 0.4) is 0 Å². The van der Waals surface area contributed by atoms with Gasteiger partial charge in [-0.05, 0) is 18.6 Å². The van der Waals surface area contributed by atoms with E-state index in [-0.39, 0.29) is 0 Å². The van der Waals surface area contributed by atoms with Crippen LogP contribution in [0.15, 0.2) is 48.4 Å². The van der Waals surface area contributed by atoms with E-state index in [4.69, 9.17) is 11.5 Å². The van der Waals surface area contributed by atoms with Crippen molar-refractivity contribution in [2.45, 2.75) is 27.2 Å². The Kier molecular flexibility index (Phi) is 12.3. The van der Waals surface area contributed by atoms with Crippen LogP contribution in [0.1, 0.15) is 27.2 Å². The van der Waals surface area contributed by atoms with Crippen molar-refractivity contribution in [1.29, 1.82) is 0 Å². The zero-order chi connectivity index (χ0) is 13.0. The van der Waals surface area contributed by atoms with Crippen molar-refractivity contribution in [1.82, 2.24) is 5.32 Å². The highest BCUT2D eigenvalue weighted by molar-refractivity contribution is 5.37. The maximum Gasteiger partial charge on any atom is 0.0627 e. The zero-order valence-corrected chi connectivity index (χ0v) is 10.7. The molecule has 0 fully saturated rings. The molecule has 3 nitrogen and oxygen atoms in total. The molecule has 3 heteroatoms. The number of nitrogens with one attached hydrogen (secondary N) is 1. The van der Waals surface area contributed by atoms with E-state index < -0.39 is 0 Å². The first-order valence-electron chi connectivity index (χ1n) is 5.45. The number of hydrogen-bond donors (Lipinski definition) is 3. The van der Waals surface area contributed by atoms with Crippen LogP contribution in [0.4, 0.5) is 0 Å². The van der Waals surface area contributed by atoms with Gasteiger partial charge in [-0.15, -0.1) is 0 Å². The Hall–Kier alpha value is -1.48. The highest BCUT2D eigenvalue weighted by Gasteiger charge is 1.91. The number of hydrogen-bond acceptors (Lipinski definition) is 3. The van der Waals surface area contributed by atoms with Crippen molar-refractivity contribution < 1.29 is 0 Å². The third kappa shape index (κ3) is 10.6. The van der Waals surface area contributed by atoms with Gasteiger partial charge in [-0.25, -0.2) is 0 Å². The highest BCUT2D eigenvalue weighted by Crippen LogP contribution is 2.04. The van der Waals surface area contributed by atoms with E-state index in [1.165, 1.54) is 6.42 Å². The summed E-state index contributed by atoms with van der Waals surface area (Å²) in [6, 6.07) is 0. The second-order valence-corrected chi connectivity index (χ2v) is 3.22. The minimum Gasteiger partial charge on any atom is -0.399 e. The topological polar surface area (TPSA) is 64.1 Å². The number of rotatable bonds is 5. The van der Waals surface area contributed by atoms with Gasteiger partial charge in [0.15, 0.2) is 0 Å². The number of nitrogens with two attached hydrogens (primary N) is 2. The predicted octanol–water partition coefficient (Wildman–Crippen LogP) is 2.40. The summed E-state index contributed by atoms with van der Waals surface area (Å²) < 4.78 is 0. The summed E-state index contributed by atoms with van der Waals surface area (Å²) in [7, 11) is 0. The fourth-order valence-corrected chi connectivity index (χ4v) is 0.769. The van der Waals surface area contributed by atoms with E-state index in [2.05, 4.69) is 32.3 Å². The van der Waals surface area contributed by atoms with Crippen LogP contribution in [-0.2, 0) is 0 Å². The molecule has 0 saturated heterocycles. The van der Waals surface area contributed by atoms with Gasteiger partial charge in [0.25, 0.3) is 0 Å². The van der Waals surface area contributed by atoms with Gasteiger partial charge in [0, 0.05) is 11.4 Å². The SMILES string of the molecule is C=C(/C=C\C(=C/C)C(=C)N)NCN.CCC. The Balaban J connectivity index is 0. The third-order valence-electron chi connectivity index (χ3n) is 1.47. The number of allylic oxidation sites excluding steroid dienone is 3. The quantitative estimate of drug-likeness (QED) is 0.495. The van der Waals surface area contributed by atoms with Gasteiger partial charge in [0.2, 0.25) is 0 Å². The Morgan fingerprint density at radius 3 is 2.06 bits per heavy atom. The molecule has 0 atom stereocenters. The van der Waals surface area contributed by atoms with E-state index in [9.17, 15) is 0 Å². The maximum absolute atomic E-state index is 5.52. The van der Waals surface area contributed by atoms with Gasteiger partial charge in [0.05, 0.1) is 6.67 Å². The van der Waals surface area contributed by atoms with Crippen molar-refractivity contribution in [3.8, 4) is 0 Å². The summed E-state index contributed by atoms with van der Waals surface area (Å²) in [5, 5.41) is 2.86. The molecule has 0 radical (unpaired) electrons. The maximum atomic E-state index is 5.52. The minimum atomic E-state index is 0.373. The molecule has 0 aromatic carbocycles. The fraction of sp³-hybridized carbons (Fsp3) is 0.385. The lowest BCUT2D eigenvalue weighted by atomic mass is 10.2. The Morgan fingerprint density at radius 1 is 1.25 bits per heavy atom. The summed E-state index contributed by atoms with van der Waals surface area (Å²) >= 11 is 0. The van der Waals surface area contributed by atoms with E-state index in [0.717, 1.165) is 11.3 Å². The molecular weight excluding hydrogens is 198 g/mol. The fourth-order valence-electron chi connectivity index (χ4n) is 0.769. The monoisotopic (exact) mass is 223 g/mol. The average molecular weight is 223 g/mol. The van der Waals surface area contributed by atoms with Gasteiger partial charge >= 0.3 is 0 Å². The second-order valence-electron chi connectivity index (χ2n) is 3.22. The van der Waals surface area contributed by atoms with Gasteiger partial charge in [-0.1, -0.05) is 45.6 Å². The van der Waals surface area contributed by atoms with Gasteiger partial charge in [0.1, 0.15) is 0 Å². The van der Waals surface area contributed by atoms with Crippen molar-refractivity contribution in [2.75, 3.05) is 6.67 Å². The molecule has 0 bridgehead atoms. The molecule has 0 aliphatic heterocycles. The molecule has 0 aromatic heterocycles. The second kappa shape index (κ2) is 11.6. The summed E-state index contributed by atoms with van der Waals surface area (Å²) in [5.41, 5.74) is 13.0. The van der Waals surface area contributed by atoms with Crippen LogP contribution in [-0.4, -0.2) is 6.67 Å². The molecule has 0 heterocycles. The molecule has 0 spiro atoms. The first-order chi connectivity index (χ1) is 7.53. The van der Waals surface area contributed by atoms with Crippen LogP contribution in [0, 0.1) is 0 Å². The van der Waals surface area contributed by atoms with E-state index in [1.807, 2.05) is 19.1 Å². The summed E-state index contributed by atoms with van der Waals surface area (Å²) in [6.07, 6.45) is 6.78. The Bertz CT molecular complexity index is 262. The molecule has 0 saturated carbocycles. The smallest absolute Gasteiger partial charge is 0.0627 e. The molecule has 16 heavy (non-hydrogen) atoms. The normalized spacial score (nSPS) is 10.6. The molecule has 0 amide bonds. The van der Waals surface area contributed by atoms with Crippen LogP contribution in [0.25, 0.3) is 0 Å². The minimum absolute atomic E-state index is 0.373. The summed E-state index contributed by atoms with van der Waals surface area (Å²) in [5.74, 6) is 0. The largest absolute Gasteiger partial charge is 0.399 e. The Morgan fingerprint density at radius 2 is 1.75 bits per heavy atom. The molecule has 0 unspecified atom stereocenters. The van der Waals surface area contributed by atoms with Gasteiger partial charge in [-0.2, -0.15) is 0 Å². The average Bonchev–Trinajstić information content (AvgIpc) is 2.19. The zero-order valence-electron chi connectivity index (χ0n) is 10.7. The first-order valence-corrected chi connectivity index (χ1v) is 5.45. The van der Waals surface area contributed by atoms with Crippen LogP contribution in [0.2, 0.25) is 0 Å². The first kappa shape index (κ1) is 16.9. The standard InChI is InChI=1S/C10H17N3.C3H8/c1-4-10(9(3)12)6-5-8(2)13-7-11;1-3-2/h4-6,13H,2-3,7,11-12H2,1H3;3H2,1-2H3/b6-5-,10-4+;. The van der Waals surface area contributed by atoms with Gasteiger partial charge in [-0.3, -0.25) is 0 Å². The Labute approximate surface area is 99.6 Å². The lowest BCUT2D eigenvalue weighted by molar-refractivity contribution is 0.851. The van der Waals surface area contributed by atoms with E-state index in [0.29, 0.717) is 12.4 Å². The summed E-state index contributed by atoms with van der Waals surface area (Å²) in [4.78, 5) is 0. The molecule has 0 rings (SSSR count). The lowest BCUT2D eigenvalue weighted by Gasteiger charge is -2.02. The van der Waals surface area contributed by atoms with Crippen LogP contribution < -0.4 is 16.8 Å². The molecule has 0 aliphatic rings. The van der Waals surface area contributed by atoms with E-state index in [1.54, 1.807) is 6.08 Å². The molecule has 5 N–H and O–H groups in total. The predicted molar refractivity (Wildman–Crippen MR) is 73.5 cm³/mol. The van der Waals surface area contributed by atoms with Crippen molar-refractivity contribution in [3.05, 3.63) is 48.4 Å².